The molecule has 1 fully saturated rings. The molecule has 9 heteroatoms. The third-order valence-corrected chi connectivity index (χ3v) is 6.85. The molecule has 0 N–H and O–H groups in total. The number of alkyl halides is 4. The zero-order valence-corrected chi connectivity index (χ0v) is 19.4. The van der Waals surface area contributed by atoms with E-state index in [0.29, 0.717) is 18.8 Å². The second-order valence-electron chi connectivity index (χ2n) is 9.07. The molecule has 3 nitrogen and oxygen atoms in total. The Balaban J connectivity index is 1.71. The molecule has 2 aliphatic carbocycles. The predicted octanol–water partition coefficient (Wildman–Crippen LogP) is 7.74. The van der Waals surface area contributed by atoms with Crippen molar-refractivity contribution in [2.24, 2.45) is 5.92 Å². The summed E-state index contributed by atoms with van der Waals surface area (Å²) >= 11 is 0. The number of benzene rings is 2. The zero-order chi connectivity index (χ0) is 25.5. The van der Waals surface area contributed by atoms with Crippen molar-refractivity contribution in [3.63, 3.8) is 0 Å². The fourth-order valence-electron chi connectivity index (χ4n) is 5.10. The highest BCUT2D eigenvalue weighted by Crippen LogP contribution is 2.60. The van der Waals surface area contributed by atoms with Gasteiger partial charge in [0.1, 0.15) is 11.9 Å². The fraction of sp³-hybridized carbons (Fsp3) is 0.500. The van der Waals surface area contributed by atoms with Crippen LogP contribution in [0, 0.1) is 17.6 Å². The van der Waals surface area contributed by atoms with E-state index in [0.717, 1.165) is 49.9 Å². The molecule has 0 amide bonds. The van der Waals surface area contributed by atoms with E-state index in [2.05, 4.69) is 6.92 Å². The Bertz CT molecular complexity index is 1120. The Morgan fingerprint density at radius 2 is 1.46 bits per heavy atom. The first-order valence-corrected chi connectivity index (χ1v) is 11.8. The summed E-state index contributed by atoms with van der Waals surface area (Å²) < 4.78 is 101. The smallest absolute Gasteiger partial charge is 0.343 e. The van der Waals surface area contributed by atoms with E-state index in [4.69, 9.17) is 9.47 Å². The first kappa shape index (κ1) is 25.4. The van der Waals surface area contributed by atoms with Gasteiger partial charge in [-0.25, -0.2) is 13.6 Å². The number of rotatable bonds is 6. The van der Waals surface area contributed by atoms with Crippen LogP contribution in [0.3, 0.4) is 0 Å². The SMILES string of the molecule is CCCC1CCC(OC(=O)c2ccc3c(c2F)C(F)(F)C(F)(F)c2c-3ccc(OCC)c2F)CC1. The van der Waals surface area contributed by atoms with Crippen LogP contribution in [-0.2, 0) is 16.6 Å². The lowest BCUT2D eigenvalue weighted by Crippen LogP contribution is -2.41. The Kier molecular flexibility index (Phi) is 6.81. The summed E-state index contributed by atoms with van der Waals surface area (Å²) in [6.45, 7) is 3.48. The van der Waals surface area contributed by atoms with Crippen LogP contribution >= 0.6 is 0 Å². The Morgan fingerprint density at radius 3 is 2.03 bits per heavy atom. The van der Waals surface area contributed by atoms with Crippen LogP contribution in [0.1, 0.15) is 73.9 Å². The molecule has 0 heterocycles. The van der Waals surface area contributed by atoms with Gasteiger partial charge in [0.15, 0.2) is 11.6 Å². The van der Waals surface area contributed by atoms with Gasteiger partial charge in [0, 0.05) is 0 Å². The number of esters is 1. The van der Waals surface area contributed by atoms with Crippen molar-refractivity contribution in [1.29, 1.82) is 0 Å². The van der Waals surface area contributed by atoms with Crippen LogP contribution in [0.15, 0.2) is 24.3 Å². The largest absolute Gasteiger partial charge is 0.491 e. The summed E-state index contributed by atoms with van der Waals surface area (Å²) in [6.07, 6.45) is 4.37. The molecule has 2 aromatic rings. The molecular weight excluding hydrogens is 474 g/mol. The Labute approximate surface area is 199 Å². The Morgan fingerprint density at radius 1 is 0.886 bits per heavy atom. The van der Waals surface area contributed by atoms with Gasteiger partial charge >= 0.3 is 17.8 Å². The molecule has 1 saturated carbocycles. The summed E-state index contributed by atoms with van der Waals surface area (Å²) in [4.78, 5) is 12.6. The molecule has 0 aromatic heterocycles. The molecule has 0 spiro atoms. The second-order valence-corrected chi connectivity index (χ2v) is 9.07. The van der Waals surface area contributed by atoms with Crippen LogP contribution in [0.25, 0.3) is 11.1 Å². The minimum Gasteiger partial charge on any atom is -0.491 e. The van der Waals surface area contributed by atoms with Gasteiger partial charge in [-0.15, -0.1) is 0 Å². The monoisotopic (exact) mass is 500 g/mol. The van der Waals surface area contributed by atoms with E-state index in [-0.39, 0.29) is 6.61 Å². The van der Waals surface area contributed by atoms with E-state index < -0.39 is 69.1 Å². The molecule has 2 aliphatic rings. The number of fused-ring (bicyclic) bond motifs is 3. The lowest BCUT2D eigenvalue weighted by molar-refractivity contribution is -0.227. The van der Waals surface area contributed by atoms with Crippen LogP contribution < -0.4 is 4.74 Å². The van der Waals surface area contributed by atoms with Gasteiger partial charge in [-0.2, -0.15) is 17.6 Å². The van der Waals surface area contributed by atoms with E-state index >= 15 is 13.2 Å². The molecule has 0 bridgehead atoms. The summed E-state index contributed by atoms with van der Waals surface area (Å²) in [7, 11) is 0. The van der Waals surface area contributed by atoms with E-state index in [1.54, 1.807) is 0 Å². The Hall–Kier alpha value is -2.71. The number of carbonyl (C=O) groups is 1. The fourth-order valence-corrected chi connectivity index (χ4v) is 5.10. The molecule has 0 radical (unpaired) electrons. The molecule has 0 unspecified atom stereocenters. The van der Waals surface area contributed by atoms with Gasteiger partial charge < -0.3 is 9.47 Å². The molecular formula is C26H26F6O3. The van der Waals surface area contributed by atoms with Crippen molar-refractivity contribution in [3.8, 4) is 16.9 Å². The van der Waals surface area contributed by atoms with Gasteiger partial charge in [0.25, 0.3) is 0 Å². The first-order chi connectivity index (χ1) is 16.5. The third kappa shape index (κ3) is 4.16. The predicted molar refractivity (Wildman–Crippen MR) is 117 cm³/mol. The van der Waals surface area contributed by atoms with Crippen molar-refractivity contribution in [3.05, 3.63) is 52.6 Å². The number of halogens is 6. The van der Waals surface area contributed by atoms with Crippen molar-refractivity contribution in [2.75, 3.05) is 6.61 Å². The average Bonchev–Trinajstić information content (AvgIpc) is 2.80. The molecule has 190 valence electrons. The summed E-state index contributed by atoms with van der Waals surface area (Å²) in [6, 6.07) is 3.85. The maximum atomic E-state index is 15.3. The van der Waals surface area contributed by atoms with Gasteiger partial charge in [-0.1, -0.05) is 25.8 Å². The highest BCUT2D eigenvalue weighted by atomic mass is 19.3. The van der Waals surface area contributed by atoms with Gasteiger partial charge in [0.05, 0.1) is 23.3 Å². The zero-order valence-electron chi connectivity index (χ0n) is 19.4. The first-order valence-electron chi connectivity index (χ1n) is 11.8. The average molecular weight is 500 g/mol. The second kappa shape index (κ2) is 9.39. The van der Waals surface area contributed by atoms with Crippen molar-refractivity contribution >= 4 is 5.97 Å². The maximum Gasteiger partial charge on any atom is 0.343 e. The van der Waals surface area contributed by atoms with Crippen molar-refractivity contribution in [2.45, 2.75) is 70.3 Å². The van der Waals surface area contributed by atoms with Gasteiger partial charge in [-0.05, 0) is 67.9 Å². The number of hydrogen-bond donors (Lipinski definition) is 0. The van der Waals surface area contributed by atoms with E-state index in [1.807, 2.05) is 0 Å². The lowest BCUT2D eigenvalue weighted by Gasteiger charge is -2.35. The number of carbonyl (C=O) groups excluding carboxylic acids is 1. The third-order valence-electron chi connectivity index (χ3n) is 6.85. The molecule has 2 aromatic carbocycles. The van der Waals surface area contributed by atoms with Crippen molar-refractivity contribution < 1.29 is 40.6 Å². The quantitative estimate of drug-likeness (QED) is 0.301. The van der Waals surface area contributed by atoms with Gasteiger partial charge in [-0.3, -0.25) is 0 Å². The molecule has 0 aliphatic heterocycles. The standard InChI is InChI=1S/C26H26F6O3/c1-3-5-14-6-8-15(9-7-14)35-24(33)18-11-10-16-17-12-13-19(34-4-2)23(28)21(17)26(31,32)25(29,30)20(16)22(18)27/h10-15H,3-9H2,1-2H3. The number of hydrogen-bond acceptors (Lipinski definition) is 3. The summed E-state index contributed by atoms with van der Waals surface area (Å²) in [5.41, 5.74) is -5.29. The van der Waals surface area contributed by atoms with Crippen molar-refractivity contribution in [1.82, 2.24) is 0 Å². The molecule has 0 atom stereocenters. The normalized spacial score (nSPS) is 22.2. The highest BCUT2D eigenvalue weighted by molar-refractivity contribution is 5.92. The summed E-state index contributed by atoms with van der Waals surface area (Å²) in [5, 5.41) is 0. The minimum absolute atomic E-state index is 0.0748. The number of ether oxygens (including phenoxy) is 2. The topological polar surface area (TPSA) is 35.5 Å². The van der Waals surface area contributed by atoms with Crippen LogP contribution in [0.4, 0.5) is 26.3 Å². The highest BCUT2D eigenvalue weighted by Gasteiger charge is 2.65. The maximum absolute atomic E-state index is 15.3. The molecule has 35 heavy (non-hydrogen) atoms. The lowest BCUT2D eigenvalue weighted by atomic mass is 9.79. The van der Waals surface area contributed by atoms with Crippen LogP contribution in [0.2, 0.25) is 0 Å². The van der Waals surface area contributed by atoms with E-state index in [1.165, 1.54) is 6.92 Å². The van der Waals surface area contributed by atoms with Gasteiger partial charge in [0.2, 0.25) is 0 Å². The van der Waals surface area contributed by atoms with Crippen LogP contribution in [-0.4, -0.2) is 18.7 Å². The molecule has 4 rings (SSSR count). The summed E-state index contributed by atoms with van der Waals surface area (Å²) in [5.74, 6) is -14.9. The van der Waals surface area contributed by atoms with E-state index in [9.17, 15) is 18.0 Å². The minimum atomic E-state index is -5.13. The van der Waals surface area contributed by atoms with Crippen LogP contribution in [0.5, 0.6) is 5.75 Å². The molecule has 0 saturated heterocycles.